The average Bonchev–Trinajstić information content (AvgIpc) is 3.13. The third-order valence-electron chi connectivity index (χ3n) is 3.11. The van der Waals surface area contributed by atoms with E-state index in [4.69, 9.17) is 4.42 Å². The minimum Gasteiger partial charge on any atom is -0.472 e. The van der Waals surface area contributed by atoms with Gasteiger partial charge in [-0.3, -0.25) is 4.79 Å². The zero-order valence-electron chi connectivity index (χ0n) is 10.6. The fourth-order valence-corrected chi connectivity index (χ4v) is 3.06. The number of rotatable bonds is 4. The van der Waals surface area contributed by atoms with Crippen molar-refractivity contribution in [3.63, 3.8) is 0 Å². The number of fused-ring (bicyclic) bond motifs is 1. The van der Waals surface area contributed by atoms with Crippen LogP contribution in [0.15, 0.2) is 52.7 Å². The molecule has 0 fully saturated rings. The molecule has 0 aliphatic rings. The zero-order valence-corrected chi connectivity index (χ0v) is 11.4. The van der Waals surface area contributed by atoms with Crippen molar-refractivity contribution >= 4 is 27.3 Å². The summed E-state index contributed by atoms with van der Waals surface area (Å²) in [4.78, 5) is 11.8. The van der Waals surface area contributed by atoms with Crippen molar-refractivity contribution in [1.29, 1.82) is 0 Å². The first kappa shape index (κ1) is 12.9. The molecule has 1 atom stereocenters. The molecule has 0 aliphatic heterocycles. The topological polar surface area (TPSA) is 62.5 Å². The first-order chi connectivity index (χ1) is 9.75. The Morgan fingerprint density at radius 3 is 3.00 bits per heavy atom. The lowest BCUT2D eigenvalue weighted by molar-refractivity contribution is 0.0916. The van der Waals surface area contributed by atoms with Crippen LogP contribution >= 0.6 is 11.3 Å². The Morgan fingerprint density at radius 2 is 2.20 bits per heavy atom. The smallest absolute Gasteiger partial charge is 0.254 e. The predicted molar refractivity (Wildman–Crippen MR) is 77.8 cm³/mol. The highest BCUT2D eigenvalue weighted by Gasteiger charge is 2.15. The van der Waals surface area contributed by atoms with Crippen molar-refractivity contribution in [1.82, 2.24) is 5.32 Å². The summed E-state index contributed by atoms with van der Waals surface area (Å²) in [5, 5.41) is 15.9. The SMILES string of the molecule is O=C(NC[C@H](O)c1csc2ccccc12)c1ccoc1. The number of thiophene rings is 1. The molecule has 0 radical (unpaired) electrons. The summed E-state index contributed by atoms with van der Waals surface area (Å²) in [7, 11) is 0. The van der Waals surface area contributed by atoms with Crippen LogP contribution in [0, 0.1) is 0 Å². The largest absolute Gasteiger partial charge is 0.472 e. The second-order valence-electron chi connectivity index (χ2n) is 4.43. The van der Waals surface area contributed by atoms with Gasteiger partial charge in [0.05, 0.1) is 17.9 Å². The van der Waals surface area contributed by atoms with E-state index in [0.29, 0.717) is 5.56 Å². The number of amides is 1. The van der Waals surface area contributed by atoms with E-state index in [-0.39, 0.29) is 12.5 Å². The Hall–Kier alpha value is -2.11. The highest BCUT2D eigenvalue weighted by molar-refractivity contribution is 7.17. The van der Waals surface area contributed by atoms with Gasteiger partial charge in [0, 0.05) is 16.8 Å². The number of carbonyl (C=O) groups is 1. The van der Waals surface area contributed by atoms with Crippen LogP contribution in [0.5, 0.6) is 0 Å². The lowest BCUT2D eigenvalue weighted by Crippen LogP contribution is -2.27. The minimum absolute atomic E-state index is 0.171. The molecule has 4 nitrogen and oxygen atoms in total. The minimum atomic E-state index is -0.720. The molecule has 0 bridgehead atoms. The molecule has 0 unspecified atom stereocenters. The molecule has 2 N–H and O–H groups in total. The number of aliphatic hydroxyl groups is 1. The van der Waals surface area contributed by atoms with Crippen LogP contribution in [-0.4, -0.2) is 17.6 Å². The number of nitrogens with one attached hydrogen (secondary N) is 1. The molecule has 0 saturated heterocycles. The summed E-state index contributed by atoms with van der Waals surface area (Å²) in [6, 6.07) is 9.48. The highest BCUT2D eigenvalue weighted by atomic mass is 32.1. The van der Waals surface area contributed by atoms with Gasteiger partial charge >= 0.3 is 0 Å². The Balaban J connectivity index is 1.70. The summed E-state index contributed by atoms with van der Waals surface area (Å²) in [6.45, 7) is 0.171. The maximum atomic E-state index is 11.8. The van der Waals surface area contributed by atoms with Gasteiger partial charge in [-0.25, -0.2) is 0 Å². The van der Waals surface area contributed by atoms with Gasteiger partial charge in [0.25, 0.3) is 5.91 Å². The van der Waals surface area contributed by atoms with Gasteiger partial charge in [-0.2, -0.15) is 0 Å². The first-order valence-electron chi connectivity index (χ1n) is 6.20. The maximum absolute atomic E-state index is 11.8. The number of hydrogen-bond acceptors (Lipinski definition) is 4. The molecule has 0 spiro atoms. The van der Waals surface area contributed by atoms with E-state index < -0.39 is 6.10 Å². The van der Waals surface area contributed by atoms with Gasteiger partial charge in [-0.15, -0.1) is 11.3 Å². The Morgan fingerprint density at radius 1 is 1.35 bits per heavy atom. The fraction of sp³-hybridized carbons (Fsp3) is 0.133. The van der Waals surface area contributed by atoms with Crippen LogP contribution in [0.1, 0.15) is 22.0 Å². The highest BCUT2D eigenvalue weighted by Crippen LogP contribution is 2.29. The van der Waals surface area contributed by atoms with Crippen LogP contribution in [0.3, 0.4) is 0 Å². The van der Waals surface area contributed by atoms with E-state index in [0.717, 1.165) is 15.6 Å². The van der Waals surface area contributed by atoms with Crippen LogP contribution in [0.25, 0.3) is 10.1 Å². The van der Waals surface area contributed by atoms with E-state index >= 15 is 0 Å². The van der Waals surface area contributed by atoms with E-state index in [1.807, 2.05) is 29.6 Å². The number of furan rings is 1. The lowest BCUT2D eigenvalue weighted by atomic mass is 10.1. The van der Waals surface area contributed by atoms with Crippen molar-refractivity contribution in [2.75, 3.05) is 6.54 Å². The molecule has 5 heteroatoms. The van der Waals surface area contributed by atoms with Crippen molar-refractivity contribution in [3.05, 3.63) is 59.4 Å². The first-order valence-corrected chi connectivity index (χ1v) is 7.08. The summed E-state index contributed by atoms with van der Waals surface area (Å²) in [5.74, 6) is -0.252. The van der Waals surface area contributed by atoms with Crippen LogP contribution in [0.2, 0.25) is 0 Å². The van der Waals surface area contributed by atoms with Crippen molar-refractivity contribution < 1.29 is 14.3 Å². The van der Waals surface area contributed by atoms with Crippen molar-refractivity contribution in [2.45, 2.75) is 6.10 Å². The molecule has 20 heavy (non-hydrogen) atoms. The third-order valence-corrected chi connectivity index (χ3v) is 4.09. The fourth-order valence-electron chi connectivity index (χ4n) is 2.05. The van der Waals surface area contributed by atoms with Gasteiger partial charge in [0.15, 0.2) is 0 Å². The average molecular weight is 287 g/mol. The van der Waals surface area contributed by atoms with Crippen molar-refractivity contribution in [2.24, 2.45) is 0 Å². The summed E-state index contributed by atoms with van der Waals surface area (Å²) < 4.78 is 5.98. The normalized spacial score (nSPS) is 12.4. The molecule has 102 valence electrons. The van der Waals surface area contributed by atoms with Crippen LogP contribution < -0.4 is 5.32 Å². The van der Waals surface area contributed by atoms with Gasteiger partial charge in [-0.1, -0.05) is 18.2 Å². The van der Waals surface area contributed by atoms with Gasteiger partial charge in [0.2, 0.25) is 0 Å². The standard InChI is InChI=1S/C15H13NO3S/c17-13(7-16-15(18)10-5-6-19-8-10)12-9-20-14-4-2-1-3-11(12)14/h1-6,8-9,13,17H,7H2,(H,16,18)/t13-/m0/s1. The second kappa shape index (κ2) is 5.48. The number of benzene rings is 1. The molecule has 1 amide bonds. The van der Waals surface area contributed by atoms with Gasteiger partial charge in [0.1, 0.15) is 6.26 Å². The maximum Gasteiger partial charge on any atom is 0.254 e. The quantitative estimate of drug-likeness (QED) is 0.775. The van der Waals surface area contributed by atoms with E-state index in [2.05, 4.69) is 5.32 Å². The van der Waals surface area contributed by atoms with Crippen molar-refractivity contribution in [3.8, 4) is 0 Å². The Kier molecular flexibility index (Phi) is 3.54. The molecule has 2 aromatic heterocycles. The lowest BCUT2D eigenvalue weighted by Gasteiger charge is -2.10. The molecule has 2 heterocycles. The van der Waals surface area contributed by atoms with E-state index in [1.54, 1.807) is 17.4 Å². The van der Waals surface area contributed by atoms with Crippen LogP contribution in [-0.2, 0) is 0 Å². The summed E-state index contributed by atoms with van der Waals surface area (Å²) in [6.07, 6.45) is 2.10. The van der Waals surface area contributed by atoms with E-state index in [1.165, 1.54) is 12.5 Å². The molecule has 0 aliphatic carbocycles. The molecular formula is C15H13NO3S. The monoisotopic (exact) mass is 287 g/mol. The molecule has 3 aromatic rings. The molecule has 0 saturated carbocycles. The van der Waals surface area contributed by atoms with Gasteiger partial charge in [-0.05, 0) is 22.9 Å². The second-order valence-corrected chi connectivity index (χ2v) is 5.34. The summed E-state index contributed by atoms with van der Waals surface area (Å²) >= 11 is 1.59. The van der Waals surface area contributed by atoms with Crippen LogP contribution in [0.4, 0.5) is 0 Å². The number of carbonyl (C=O) groups excluding carboxylic acids is 1. The summed E-state index contributed by atoms with van der Waals surface area (Å²) in [5.41, 5.74) is 1.30. The molecular weight excluding hydrogens is 274 g/mol. The third kappa shape index (κ3) is 2.45. The molecule has 1 aromatic carbocycles. The zero-order chi connectivity index (χ0) is 13.9. The van der Waals surface area contributed by atoms with E-state index in [9.17, 15) is 9.90 Å². The Bertz CT molecular complexity index is 718. The predicted octanol–water partition coefficient (Wildman–Crippen LogP) is 2.96. The number of aliphatic hydroxyl groups excluding tert-OH is 1. The Labute approximate surface area is 119 Å². The van der Waals surface area contributed by atoms with Gasteiger partial charge < -0.3 is 14.8 Å². The number of hydrogen-bond donors (Lipinski definition) is 2. The molecule has 3 rings (SSSR count).